The first kappa shape index (κ1) is 11.1. The Morgan fingerprint density at radius 2 is 2.00 bits per heavy atom. The van der Waals surface area contributed by atoms with Crippen LogP contribution in [0.1, 0.15) is 43.7 Å². The first-order valence-electron chi connectivity index (χ1n) is 6.59. The lowest BCUT2D eigenvalue weighted by Gasteiger charge is -2.22. The fourth-order valence-electron chi connectivity index (χ4n) is 2.97. The maximum Gasteiger partial charge on any atom is 0.123 e. The molecule has 0 aromatic heterocycles. The molecule has 0 amide bonds. The number of rotatable bonds is 1. The van der Waals surface area contributed by atoms with Crippen LogP contribution in [0.15, 0.2) is 18.2 Å². The van der Waals surface area contributed by atoms with Crippen molar-refractivity contribution in [3.8, 4) is 5.75 Å². The van der Waals surface area contributed by atoms with E-state index in [1.165, 1.54) is 24.0 Å². The molecule has 91 valence electrons. The molecule has 2 heterocycles. The van der Waals surface area contributed by atoms with E-state index in [-0.39, 0.29) is 5.60 Å². The molecule has 17 heavy (non-hydrogen) atoms. The van der Waals surface area contributed by atoms with Crippen molar-refractivity contribution < 1.29 is 4.74 Å². The van der Waals surface area contributed by atoms with Crippen LogP contribution in [-0.4, -0.2) is 18.7 Å². The number of fused-ring (bicyclic) bond motifs is 1. The second-order valence-electron chi connectivity index (χ2n) is 5.85. The van der Waals surface area contributed by atoms with Gasteiger partial charge in [-0.2, -0.15) is 0 Å². The van der Waals surface area contributed by atoms with Crippen LogP contribution in [0.5, 0.6) is 5.75 Å². The first-order valence-corrected chi connectivity index (χ1v) is 6.59. The predicted octanol–water partition coefficient (Wildman–Crippen LogP) is 2.88. The summed E-state index contributed by atoms with van der Waals surface area (Å²) in [4.78, 5) is 0. The highest BCUT2D eigenvalue weighted by Crippen LogP contribution is 2.37. The quantitative estimate of drug-likeness (QED) is 0.727. The van der Waals surface area contributed by atoms with E-state index in [0.717, 1.165) is 25.3 Å². The minimum absolute atomic E-state index is 0.0249. The SMILES string of the molecule is CC1(C)Cc2cc(C3CC[N]CC3)ccc2O1. The third kappa shape index (κ3) is 2.19. The Morgan fingerprint density at radius 1 is 1.24 bits per heavy atom. The monoisotopic (exact) mass is 230 g/mol. The van der Waals surface area contributed by atoms with Gasteiger partial charge in [0.15, 0.2) is 0 Å². The third-order valence-electron chi connectivity index (χ3n) is 3.83. The summed E-state index contributed by atoms with van der Waals surface area (Å²) in [6.45, 7) is 6.38. The van der Waals surface area contributed by atoms with Crippen molar-refractivity contribution in [1.29, 1.82) is 0 Å². The third-order valence-corrected chi connectivity index (χ3v) is 3.83. The lowest BCUT2D eigenvalue weighted by Crippen LogP contribution is -2.24. The van der Waals surface area contributed by atoms with Crippen LogP contribution < -0.4 is 10.1 Å². The van der Waals surface area contributed by atoms with Crippen LogP contribution in [-0.2, 0) is 6.42 Å². The van der Waals surface area contributed by atoms with E-state index >= 15 is 0 Å². The van der Waals surface area contributed by atoms with Crippen LogP contribution in [0.3, 0.4) is 0 Å². The smallest absolute Gasteiger partial charge is 0.123 e. The van der Waals surface area contributed by atoms with E-state index in [1.54, 1.807) is 0 Å². The van der Waals surface area contributed by atoms with Gasteiger partial charge in [-0.15, -0.1) is 0 Å². The van der Waals surface area contributed by atoms with Gasteiger partial charge in [-0.1, -0.05) is 12.1 Å². The lowest BCUT2D eigenvalue weighted by atomic mass is 9.88. The van der Waals surface area contributed by atoms with Crippen molar-refractivity contribution >= 4 is 0 Å². The lowest BCUT2D eigenvalue weighted by molar-refractivity contribution is 0.138. The van der Waals surface area contributed by atoms with Gasteiger partial charge in [0.2, 0.25) is 0 Å². The van der Waals surface area contributed by atoms with Gasteiger partial charge in [0.25, 0.3) is 0 Å². The molecule has 0 N–H and O–H groups in total. The minimum atomic E-state index is -0.0249. The standard InChI is InChI=1S/C15H20NO/c1-15(2)10-13-9-12(3-4-14(13)17-15)11-5-7-16-8-6-11/h3-4,9,11H,5-8,10H2,1-2H3. The zero-order valence-electron chi connectivity index (χ0n) is 10.7. The molecular weight excluding hydrogens is 210 g/mol. The first-order chi connectivity index (χ1) is 8.14. The highest BCUT2D eigenvalue weighted by molar-refractivity contribution is 5.42. The van der Waals surface area contributed by atoms with Gasteiger partial charge in [0.1, 0.15) is 11.4 Å². The van der Waals surface area contributed by atoms with Crippen LogP contribution in [0.4, 0.5) is 0 Å². The normalized spacial score (nSPS) is 23.2. The number of ether oxygens (including phenoxy) is 1. The Balaban J connectivity index is 1.85. The molecule has 1 aromatic carbocycles. The Labute approximate surface area is 103 Å². The summed E-state index contributed by atoms with van der Waals surface area (Å²) in [5.41, 5.74) is 2.85. The Kier molecular flexibility index (Phi) is 2.62. The predicted molar refractivity (Wildman–Crippen MR) is 68.7 cm³/mol. The van der Waals surface area contributed by atoms with Gasteiger partial charge in [0.05, 0.1) is 0 Å². The van der Waals surface area contributed by atoms with Gasteiger partial charge in [-0.3, -0.25) is 0 Å². The van der Waals surface area contributed by atoms with Crippen molar-refractivity contribution in [2.75, 3.05) is 13.1 Å². The maximum absolute atomic E-state index is 5.92. The number of hydrogen-bond donors (Lipinski definition) is 0. The highest BCUT2D eigenvalue weighted by atomic mass is 16.5. The molecule has 2 nitrogen and oxygen atoms in total. The summed E-state index contributed by atoms with van der Waals surface area (Å²) >= 11 is 0. The van der Waals surface area contributed by atoms with Crippen molar-refractivity contribution in [3.05, 3.63) is 29.3 Å². The topological polar surface area (TPSA) is 23.3 Å². The van der Waals surface area contributed by atoms with Crippen LogP contribution >= 0.6 is 0 Å². The summed E-state index contributed by atoms with van der Waals surface area (Å²) in [6.07, 6.45) is 3.46. The summed E-state index contributed by atoms with van der Waals surface area (Å²) in [7, 11) is 0. The summed E-state index contributed by atoms with van der Waals surface area (Å²) in [6, 6.07) is 6.77. The number of nitrogens with zero attached hydrogens (tertiary/aromatic N) is 1. The van der Waals surface area contributed by atoms with Gasteiger partial charge in [-0.05, 0) is 49.8 Å². The molecule has 0 bridgehead atoms. The number of benzene rings is 1. The highest BCUT2D eigenvalue weighted by Gasteiger charge is 2.30. The number of hydrogen-bond acceptors (Lipinski definition) is 1. The number of piperidine rings is 1. The molecule has 1 fully saturated rings. The Hall–Kier alpha value is -1.02. The molecule has 0 atom stereocenters. The summed E-state index contributed by atoms with van der Waals surface area (Å²) in [5, 5.41) is 4.42. The molecular formula is C15H20NO. The molecule has 1 aromatic rings. The molecule has 1 saturated heterocycles. The molecule has 0 spiro atoms. The molecule has 2 heteroatoms. The van der Waals surface area contributed by atoms with E-state index < -0.39 is 0 Å². The zero-order chi connectivity index (χ0) is 11.9. The van der Waals surface area contributed by atoms with Crippen molar-refractivity contribution in [2.45, 2.75) is 44.6 Å². The van der Waals surface area contributed by atoms with Gasteiger partial charge in [-0.25, -0.2) is 5.32 Å². The van der Waals surface area contributed by atoms with Gasteiger partial charge in [0, 0.05) is 19.5 Å². The molecule has 0 unspecified atom stereocenters. The van der Waals surface area contributed by atoms with Crippen molar-refractivity contribution in [2.24, 2.45) is 0 Å². The van der Waals surface area contributed by atoms with Gasteiger partial charge < -0.3 is 4.74 Å². The summed E-state index contributed by atoms with van der Waals surface area (Å²) < 4.78 is 5.92. The van der Waals surface area contributed by atoms with E-state index in [2.05, 4.69) is 37.4 Å². The van der Waals surface area contributed by atoms with Crippen LogP contribution in [0.2, 0.25) is 0 Å². The van der Waals surface area contributed by atoms with E-state index in [4.69, 9.17) is 4.74 Å². The summed E-state index contributed by atoms with van der Waals surface area (Å²) in [5.74, 6) is 1.79. The van der Waals surface area contributed by atoms with E-state index in [9.17, 15) is 0 Å². The second kappa shape index (κ2) is 4.02. The molecule has 0 aliphatic carbocycles. The average Bonchev–Trinajstić information content (AvgIpc) is 2.63. The maximum atomic E-state index is 5.92. The van der Waals surface area contributed by atoms with Crippen LogP contribution in [0, 0.1) is 0 Å². The molecule has 0 saturated carbocycles. The molecule has 3 rings (SSSR count). The molecule has 1 radical (unpaired) electrons. The average molecular weight is 230 g/mol. The second-order valence-corrected chi connectivity index (χ2v) is 5.85. The fourth-order valence-corrected chi connectivity index (χ4v) is 2.97. The minimum Gasteiger partial charge on any atom is -0.487 e. The van der Waals surface area contributed by atoms with Crippen molar-refractivity contribution in [1.82, 2.24) is 5.32 Å². The van der Waals surface area contributed by atoms with E-state index in [0.29, 0.717) is 5.92 Å². The molecule has 2 aliphatic heterocycles. The fraction of sp³-hybridized carbons (Fsp3) is 0.600. The molecule has 2 aliphatic rings. The van der Waals surface area contributed by atoms with Gasteiger partial charge >= 0.3 is 0 Å². The Bertz CT molecular complexity index is 419. The van der Waals surface area contributed by atoms with Crippen molar-refractivity contribution in [3.63, 3.8) is 0 Å². The zero-order valence-corrected chi connectivity index (χ0v) is 10.7. The Morgan fingerprint density at radius 3 is 2.76 bits per heavy atom. The van der Waals surface area contributed by atoms with Crippen LogP contribution in [0.25, 0.3) is 0 Å². The van der Waals surface area contributed by atoms with E-state index in [1.807, 2.05) is 0 Å². The largest absolute Gasteiger partial charge is 0.487 e.